The average molecular weight is 258 g/mol. The minimum atomic E-state index is -0.836. The van der Waals surface area contributed by atoms with Gasteiger partial charge in [-0.05, 0) is 12.1 Å². The van der Waals surface area contributed by atoms with E-state index >= 15 is 0 Å². The lowest BCUT2D eigenvalue weighted by atomic mass is 10.2. The maximum Gasteiger partial charge on any atom is 0.320 e. The summed E-state index contributed by atoms with van der Waals surface area (Å²) in [6, 6.07) is 11.1. The third-order valence-corrected chi connectivity index (χ3v) is 3.25. The molecule has 1 aromatic carbocycles. The minimum absolute atomic E-state index is 0.144. The average Bonchev–Trinajstić information content (AvgIpc) is 2.87. The number of hydrogen-bond acceptors (Lipinski definition) is 4. The maximum absolute atomic E-state index is 10.8. The highest BCUT2D eigenvalue weighted by Gasteiger charge is 2.30. The molecule has 1 saturated heterocycles. The van der Waals surface area contributed by atoms with Crippen LogP contribution in [0.3, 0.4) is 0 Å². The highest BCUT2D eigenvalue weighted by atomic mass is 16.5. The quantitative estimate of drug-likeness (QED) is 0.871. The number of nitrogens with zero attached hydrogens (tertiary/aromatic N) is 1. The minimum Gasteiger partial charge on any atom is -0.480 e. The van der Waals surface area contributed by atoms with Crippen molar-refractivity contribution in [3.63, 3.8) is 0 Å². The summed E-state index contributed by atoms with van der Waals surface area (Å²) in [5.41, 5.74) is 0.876. The molecule has 98 valence electrons. The first kappa shape index (κ1) is 11.9. The number of fused-ring (bicyclic) bond motifs is 1. The zero-order valence-electron chi connectivity index (χ0n) is 10.2. The van der Waals surface area contributed by atoms with E-state index in [1.165, 1.54) is 0 Å². The number of ether oxygens (including phenoxy) is 1. The summed E-state index contributed by atoms with van der Waals surface area (Å²) < 4.78 is 5.73. The van der Waals surface area contributed by atoms with Crippen molar-refractivity contribution in [2.24, 2.45) is 0 Å². The maximum atomic E-state index is 10.8. The van der Waals surface area contributed by atoms with Gasteiger partial charge in [-0.1, -0.05) is 18.2 Å². The van der Waals surface area contributed by atoms with Crippen LogP contribution in [-0.2, 0) is 4.79 Å². The van der Waals surface area contributed by atoms with Crippen molar-refractivity contribution < 1.29 is 14.6 Å². The van der Waals surface area contributed by atoms with Gasteiger partial charge < -0.3 is 15.2 Å². The van der Waals surface area contributed by atoms with Crippen LogP contribution in [0, 0.1) is 0 Å². The predicted octanol–water partition coefficient (Wildman–Crippen LogP) is 1.43. The fourth-order valence-electron chi connectivity index (χ4n) is 2.26. The van der Waals surface area contributed by atoms with E-state index in [2.05, 4.69) is 10.3 Å². The first-order valence-electron chi connectivity index (χ1n) is 6.21. The van der Waals surface area contributed by atoms with Gasteiger partial charge >= 0.3 is 5.97 Å². The molecule has 2 atom stereocenters. The van der Waals surface area contributed by atoms with E-state index in [0.29, 0.717) is 18.8 Å². The van der Waals surface area contributed by atoms with E-state index in [4.69, 9.17) is 9.84 Å². The van der Waals surface area contributed by atoms with Gasteiger partial charge in [0.25, 0.3) is 0 Å². The number of para-hydroxylation sites is 1. The van der Waals surface area contributed by atoms with Crippen LogP contribution in [-0.4, -0.2) is 34.8 Å². The first-order chi connectivity index (χ1) is 9.22. The van der Waals surface area contributed by atoms with Gasteiger partial charge in [-0.2, -0.15) is 0 Å². The van der Waals surface area contributed by atoms with E-state index in [0.717, 1.165) is 10.9 Å². The molecular formula is C14H14N2O3. The molecule has 2 unspecified atom stereocenters. The van der Waals surface area contributed by atoms with Gasteiger partial charge in [0, 0.05) is 24.4 Å². The van der Waals surface area contributed by atoms with E-state index in [9.17, 15) is 4.79 Å². The van der Waals surface area contributed by atoms with Crippen LogP contribution < -0.4 is 10.1 Å². The molecule has 19 heavy (non-hydrogen) atoms. The topological polar surface area (TPSA) is 71.5 Å². The summed E-state index contributed by atoms with van der Waals surface area (Å²) >= 11 is 0. The molecule has 0 spiro atoms. The number of nitrogens with one attached hydrogen (secondary N) is 1. The van der Waals surface area contributed by atoms with Gasteiger partial charge in [0.2, 0.25) is 5.88 Å². The van der Waals surface area contributed by atoms with Crippen molar-refractivity contribution >= 4 is 16.9 Å². The molecule has 1 aromatic heterocycles. The normalized spacial score (nSPS) is 22.5. The van der Waals surface area contributed by atoms with E-state index in [1.807, 2.05) is 36.4 Å². The number of rotatable bonds is 3. The van der Waals surface area contributed by atoms with E-state index in [-0.39, 0.29) is 6.10 Å². The number of hydrogen-bond donors (Lipinski definition) is 2. The molecule has 0 aliphatic carbocycles. The Morgan fingerprint density at radius 1 is 1.32 bits per heavy atom. The van der Waals surface area contributed by atoms with Gasteiger partial charge in [-0.15, -0.1) is 0 Å². The van der Waals surface area contributed by atoms with Crippen molar-refractivity contribution in [1.82, 2.24) is 10.3 Å². The lowest BCUT2D eigenvalue weighted by molar-refractivity contribution is -0.139. The van der Waals surface area contributed by atoms with Gasteiger partial charge in [0.05, 0.1) is 5.52 Å². The number of pyridine rings is 1. The molecule has 0 saturated carbocycles. The summed E-state index contributed by atoms with van der Waals surface area (Å²) in [4.78, 5) is 15.3. The monoisotopic (exact) mass is 258 g/mol. The molecule has 5 heteroatoms. The molecule has 0 bridgehead atoms. The number of carboxylic acid groups (broad SMARTS) is 1. The molecule has 0 radical (unpaired) electrons. The third kappa shape index (κ3) is 2.51. The second-order valence-corrected chi connectivity index (χ2v) is 4.62. The van der Waals surface area contributed by atoms with Gasteiger partial charge in [-0.25, -0.2) is 4.98 Å². The lowest BCUT2D eigenvalue weighted by Gasteiger charge is -2.11. The lowest BCUT2D eigenvalue weighted by Crippen LogP contribution is -2.30. The third-order valence-electron chi connectivity index (χ3n) is 3.25. The SMILES string of the molecule is O=C(O)C1CC(Oc2ccc3ccccc3n2)CN1. The molecule has 3 rings (SSSR count). The van der Waals surface area contributed by atoms with Crippen molar-refractivity contribution in [1.29, 1.82) is 0 Å². The molecule has 2 heterocycles. The van der Waals surface area contributed by atoms with Crippen molar-refractivity contribution in [3.05, 3.63) is 36.4 Å². The Balaban J connectivity index is 1.73. The number of carbonyl (C=O) groups is 1. The Kier molecular flexibility index (Phi) is 3.05. The first-order valence-corrected chi connectivity index (χ1v) is 6.21. The molecule has 5 nitrogen and oxygen atoms in total. The smallest absolute Gasteiger partial charge is 0.320 e. The number of carboxylic acids is 1. The van der Waals surface area contributed by atoms with E-state index < -0.39 is 12.0 Å². The largest absolute Gasteiger partial charge is 0.480 e. The molecule has 0 amide bonds. The Hall–Kier alpha value is -2.14. The van der Waals surface area contributed by atoms with Crippen LogP contribution in [0.4, 0.5) is 0 Å². The molecule has 1 aliphatic rings. The molecular weight excluding hydrogens is 244 g/mol. The van der Waals surface area contributed by atoms with Gasteiger partial charge in [0.15, 0.2) is 0 Å². The fraction of sp³-hybridized carbons (Fsp3) is 0.286. The summed E-state index contributed by atoms with van der Waals surface area (Å²) in [6.07, 6.45) is 0.318. The Morgan fingerprint density at radius 3 is 2.95 bits per heavy atom. The highest BCUT2D eigenvalue weighted by molar-refractivity contribution is 5.78. The Morgan fingerprint density at radius 2 is 2.16 bits per heavy atom. The van der Waals surface area contributed by atoms with Gasteiger partial charge in [0.1, 0.15) is 12.1 Å². The summed E-state index contributed by atoms with van der Waals surface area (Å²) in [5.74, 6) is -0.297. The zero-order chi connectivity index (χ0) is 13.2. The standard InChI is InChI=1S/C14H14N2O3/c17-14(18)12-7-10(8-15-12)19-13-6-5-9-3-1-2-4-11(9)16-13/h1-6,10,12,15H,7-8H2,(H,17,18). The van der Waals surface area contributed by atoms with Gasteiger partial charge in [-0.3, -0.25) is 4.79 Å². The highest BCUT2D eigenvalue weighted by Crippen LogP contribution is 2.19. The molecule has 2 N–H and O–H groups in total. The van der Waals surface area contributed by atoms with Crippen molar-refractivity contribution in [2.75, 3.05) is 6.54 Å². The Bertz CT molecular complexity index is 614. The van der Waals surface area contributed by atoms with Crippen LogP contribution in [0.2, 0.25) is 0 Å². The second kappa shape index (κ2) is 4.85. The summed E-state index contributed by atoms with van der Waals surface area (Å²) in [5, 5.41) is 12.9. The van der Waals surface area contributed by atoms with Crippen molar-refractivity contribution in [2.45, 2.75) is 18.6 Å². The van der Waals surface area contributed by atoms with E-state index in [1.54, 1.807) is 0 Å². The van der Waals surface area contributed by atoms with Crippen LogP contribution in [0.25, 0.3) is 10.9 Å². The zero-order valence-corrected chi connectivity index (χ0v) is 10.2. The van der Waals surface area contributed by atoms with Crippen molar-refractivity contribution in [3.8, 4) is 5.88 Å². The Labute approximate surface area is 110 Å². The number of aromatic nitrogens is 1. The summed E-state index contributed by atoms with van der Waals surface area (Å²) in [6.45, 7) is 0.533. The van der Waals surface area contributed by atoms with Crippen LogP contribution in [0.1, 0.15) is 6.42 Å². The fourth-order valence-corrected chi connectivity index (χ4v) is 2.26. The molecule has 2 aromatic rings. The number of aliphatic carboxylic acids is 1. The van der Waals surface area contributed by atoms with Crippen LogP contribution in [0.5, 0.6) is 5.88 Å². The van der Waals surface area contributed by atoms with Crippen LogP contribution >= 0.6 is 0 Å². The molecule has 1 aliphatic heterocycles. The predicted molar refractivity (Wildman–Crippen MR) is 70.2 cm³/mol. The number of benzene rings is 1. The second-order valence-electron chi connectivity index (χ2n) is 4.62. The molecule has 1 fully saturated rings. The van der Waals surface area contributed by atoms with Crippen LogP contribution in [0.15, 0.2) is 36.4 Å². The summed E-state index contributed by atoms with van der Waals surface area (Å²) in [7, 11) is 0.